The van der Waals surface area contributed by atoms with Gasteiger partial charge in [0.15, 0.2) is 0 Å². The standard InChI is InChI=1S/C24H16N2O6/c1-13-19(22(27)26(25-13)17-4-2-3-15(9-17)23(28)29)11-18-7-8-21(32-18)14-5-6-16-12-31-24(30)20(16)10-14/h2-11H,12H2,1H3,(H,28,29)/b19-11+. The number of rotatable bonds is 4. The topological polar surface area (TPSA) is 109 Å². The fourth-order valence-electron chi connectivity index (χ4n) is 3.62. The van der Waals surface area contributed by atoms with Crippen LogP contribution in [-0.4, -0.2) is 28.7 Å². The van der Waals surface area contributed by atoms with Crippen LogP contribution in [0.5, 0.6) is 0 Å². The summed E-state index contributed by atoms with van der Waals surface area (Å²) in [4.78, 5) is 36.0. The molecule has 158 valence electrons. The van der Waals surface area contributed by atoms with Gasteiger partial charge in [-0.2, -0.15) is 10.1 Å². The first-order valence-electron chi connectivity index (χ1n) is 9.76. The van der Waals surface area contributed by atoms with E-state index < -0.39 is 5.97 Å². The Hall–Kier alpha value is -4.46. The number of cyclic esters (lactones) is 1. The number of hydrazone groups is 1. The van der Waals surface area contributed by atoms with Crippen LogP contribution in [0.4, 0.5) is 5.69 Å². The average Bonchev–Trinajstić information content (AvgIpc) is 3.48. The second-order valence-electron chi connectivity index (χ2n) is 7.37. The fourth-order valence-corrected chi connectivity index (χ4v) is 3.62. The Kier molecular flexibility index (Phi) is 4.48. The number of amides is 1. The predicted molar refractivity (Wildman–Crippen MR) is 115 cm³/mol. The molecule has 0 radical (unpaired) electrons. The Morgan fingerprint density at radius 3 is 2.78 bits per heavy atom. The zero-order chi connectivity index (χ0) is 22.4. The lowest BCUT2D eigenvalue weighted by Gasteiger charge is -2.12. The molecule has 2 aromatic carbocycles. The molecular weight excluding hydrogens is 412 g/mol. The molecule has 0 fully saturated rings. The molecule has 8 heteroatoms. The van der Waals surface area contributed by atoms with Crippen molar-refractivity contribution in [3.05, 3.63) is 82.6 Å². The van der Waals surface area contributed by atoms with Gasteiger partial charge < -0.3 is 14.3 Å². The average molecular weight is 428 g/mol. The molecular formula is C24H16N2O6. The van der Waals surface area contributed by atoms with E-state index in [1.54, 1.807) is 43.3 Å². The van der Waals surface area contributed by atoms with Crippen molar-refractivity contribution >= 4 is 35.3 Å². The summed E-state index contributed by atoms with van der Waals surface area (Å²) in [5.41, 5.74) is 3.33. The lowest BCUT2D eigenvalue weighted by Crippen LogP contribution is -2.21. The van der Waals surface area contributed by atoms with Gasteiger partial charge in [0.25, 0.3) is 5.91 Å². The molecule has 8 nitrogen and oxygen atoms in total. The van der Waals surface area contributed by atoms with E-state index in [1.165, 1.54) is 17.1 Å². The van der Waals surface area contributed by atoms with Gasteiger partial charge in [0.1, 0.15) is 18.1 Å². The van der Waals surface area contributed by atoms with Crippen LogP contribution in [0.25, 0.3) is 17.4 Å². The zero-order valence-electron chi connectivity index (χ0n) is 16.9. The summed E-state index contributed by atoms with van der Waals surface area (Å²) in [5.74, 6) is -0.833. The highest BCUT2D eigenvalue weighted by Gasteiger charge is 2.29. The molecule has 1 amide bonds. The van der Waals surface area contributed by atoms with E-state index in [1.807, 2.05) is 12.1 Å². The summed E-state index contributed by atoms with van der Waals surface area (Å²) >= 11 is 0. The van der Waals surface area contributed by atoms with Crippen LogP contribution < -0.4 is 5.01 Å². The molecule has 32 heavy (non-hydrogen) atoms. The highest BCUT2D eigenvalue weighted by molar-refractivity contribution is 6.32. The number of nitrogens with zero attached hydrogens (tertiary/aromatic N) is 2. The molecule has 2 aliphatic rings. The van der Waals surface area contributed by atoms with Crippen molar-refractivity contribution in [2.45, 2.75) is 13.5 Å². The van der Waals surface area contributed by atoms with E-state index >= 15 is 0 Å². The summed E-state index contributed by atoms with van der Waals surface area (Å²) in [7, 11) is 0. The maximum atomic E-state index is 12.9. The maximum Gasteiger partial charge on any atom is 0.338 e. The van der Waals surface area contributed by atoms with Crippen molar-refractivity contribution in [2.75, 3.05) is 5.01 Å². The Morgan fingerprint density at radius 1 is 1.12 bits per heavy atom. The normalized spacial score (nSPS) is 16.3. The number of benzene rings is 2. The summed E-state index contributed by atoms with van der Waals surface area (Å²) in [6, 6.07) is 14.9. The third-order valence-corrected chi connectivity index (χ3v) is 5.29. The molecule has 0 bridgehead atoms. The van der Waals surface area contributed by atoms with Gasteiger partial charge in [0.2, 0.25) is 0 Å². The first-order chi connectivity index (χ1) is 15.4. The Bertz CT molecular complexity index is 1360. The largest absolute Gasteiger partial charge is 0.478 e. The van der Waals surface area contributed by atoms with E-state index in [-0.39, 0.29) is 24.0 Å². The highest BCUT2D eigenvalue weighted by atomic mass is 16.5. The van der Waals surface area contributed by atoms with Crippen LogP contribution in [-0.2, 0) is 16.1 Å². The highest BCUT2D eigenvalue weighted by Crippen LogP contribution is 2.30. The molecule has 1 N–H and O–H groups in total. The first kappa shape index (κ1) is 19.5. The summed E-state index contributed by atoms with van der Waals surface area (Å²) < 4.78 is 10.9. The minimum atomic E-state index is -1.09. The summed E-state index contributed by atoms with van der Waals surface area (Å²) in [6.07, 6.45) is 1.59. The van der Waals surface area contributed by atoms with Gasteiger partial charge in [-0.25, -0.2) is 9.59 Å². The molecule has 3 heterocycles. The number of carboxylic acid groups (broad SMARTS) is 1. The molecule has 0 saturated heterocycles. The van der Waals surface area contributed by atoms with Gasteiger partial charge in [-0.1, -0.05) is 18.2 Å². The van der Waals surface area contributed by atoms with Crippen LogP contribution in [0.15, 0.2) is 69.7 Å². The van der Waals surface area contributed by atoms with Gasteiger partial charge in [-0.3, -0.25) is 4.79 Å². The number of aromatic carboxylic acids is 1. The molecule has 0 aliphatic carbocycles. The number of ether oxygens (including phenoxy) is 1. The van der Waals surface area contributed by atoms with Crippen LogP contribution in [0.1, 0.15) is 39.0 Å². The van der Waals surface area contributed by atoms with Crippen LogP contribution >= 0.6 is 0 Å². The minimum absolute atomic E-state index is 0.0643. The Labute approximate surface area is 182 Å². The number of anilines is 1. The van der Waals surface area contributed by atoms with Crippen molar-refractivity contribution < 1.29 is 28.6 Å². The van der Waals surface area contributed by atoms with Crippen molar-refractivity contribution in [1.82, 2.24) is 0 Å². The lowest BCUT2D eigenvalue weighted by atomic mass is 10.0. The monoisotopic (exact) mass is 428 g/mol. The number of carbonyl (C=O) groups is 3. The van der Waals surface area contributed by atoms with Crippen LogP contribution in [0.3, 0.4) is 0 Å². The third-order valence-electron chi connectivity index (χ3n) is 5.29. The number of fused-ring (bicyclic) bond motifs is 1. The molecule has 3 aromatic rings. The van der Waals surface area contributed by atoms with Gasteiger partial charge in [0.05, 0.1) is 28.1 Å². The lowest BCUT2D eigenvalue weighted by molar-refractivity contribution is -0.114. The van der Waals surface area contributed by atoms with Gasteiger partial charge in [0, 0.05) is 11.1 Å². The van der Waals surface area contributed by atoms with Crippen molar-refractivity contribution in [2.24, 2.45) is 5.10 Å². The van der Waals surface area contributed by atoms with Crippen molar-refractivity contribution in [1.29, 1.82) is 0 Å². The second-order valence-corrected chi connectivity index (χ2v) is 7.37. The van der Waals surface area contributed by atoms with E-state index in [0.717, 1.165) is 11.1 Å². The smallest absolute Gasteiger partial charge is 0.338 e. The van der Waals surface area contributed by atoms with Gasteiger partial charge in [-0.05, 0) is 49.4 Å². The number of carboxylic acids is 1. The molecule has 0 saturated carbocycles. The van der Waals surface area contributed by atoms with E-state index in [0.29, 0.717) is 34.1 Å². The SMILES string of the molecule is CC1=NN(c2cccc(C(=O)O)c2)C(=O)/C1=C/c1ccc(-c2ccc3c(c2)C(=O)OC3)o1. The molecule has 0 atom stereocenters. The molecule has 1 aromatic heterocycles. The van der Waals surface area contributed by atoms with Crippen molar-refractivity contribution in [3.8, 4) is 11.3 Å². The van der Waals surface area contributed by atoms with Crippen LogP contribution in [0.2, 0.25) is 0 Å². The van der Waals surface area contributed by atoms with E-state index in [9.17, 15) is 19.5 Å². The van der Waals surface area contributed by atoms with Crippen LogP contribution in [0, 0.1) is 0 Å². The third kappa shape index (κ3) is 3.27. The number of carbonyl (C=O) groups excluding carboxylic acids is 2. The molecule has 0 spiro atoms. The van der Waals surface area contributed by atoms with Gasteiger partial charge >= 0.3 is 11.9 Å². The number of furan rings is 1. The Balaban J connectivity index is 1.42. The van der Waals surface area contributed by atoms with E-state index in [4.69, 9.17) is 9.15 Å². The van der Waals surface area contributed by atoms with Crippen molar-refractivity contribution in [3.63, 3.8) is 0 Å². The first-order valence-corrected chi connectivity index (χ1v) is 9.76. The van der Waals surface area contributed by atoms with E-state index in [2.05, 4.69) is 5.10 Å². The number of esters is 1. The summed E-state index contributed by atoms with van der Waals surface area (Å²) in [5, 5.41) is 14.6. The molecule has 2 aliphatic heterocycles. The number of hydrogen-bond donors (Lipinski definition) is 1. The van der Waals surface area contributed by atoms with Gasteiger partial charge in [-0.15, -0.1) is 0 Å². The summed E-state index contributed by atoms with van der Waals surface area (Å²) in [6.45, 7) is 1.97. The second kappa shape index (κ2) is 7.35. The maximum absolute atomic E-state index is 12.9. The Morgan fingerprint density at radius 2 is 1.97 bits per heavy atom. The fraction of sp³-hybridized carbons (Fsp3) is 0.0833. The molecule has 5 rings (SSSR count). The predicted octanol–water partition coefficient (Wildman–Crippen LogP) is 4.12. The number of hydrogen-bond acceptors (Lipinski definition) is 6. The molecule has 0 unspecified atom stereocenters. The quantitative estimate of drug-likeness (QED) is 0.495. The minimum Gasteiger partial charge on any atom is -0.478 e. The zero-order valence-corrected chi connectivity index (χ0v) is 16.9.